The minimum atomic E-state index is -3.35. The van der Waals surface area contributed by atoms with E-state index in [0.717, 1.165) is 0 Å². The predicted octanol–water partition coefficient (Wildman–Crippen LogP) is 4.65. The van der Waals surface area contributed by atoms with Crippen LogP contribution in [0.5, 0.6) is 0 Å². The fraction of sp³-hybridized carbons (Fsp3) is 0.500. The lowest BCUT2D eigenvalue weighted by atomic mass is 9.81. The van der Waals surface area contributed by atoms with Crippen molar-refractivity contribution in [2.75, 3.05) is 0 Å². The minimum absolute atomic E-state index is 0.113. The maximum Gasteiger partial charge on any atom is 0.525 e. The van der Waals surface area contributed by atoms with Crippen LogP contribution in [0, 0.1) is 0 Å². The van der Waals surface area contributed by atoms with Gasteiger partial charge in [-0.3, -0.25) is 0 Å². The first kappa shape index (κ1) is 17.1. The summed E-state index contributed by atoms with van der Waals surface area (Å²) < 4.78 is 53.8. The molecule has 0 N–H and O–H groups in total. The summed E-state index contributed by atoms with van der Waals surface area (Å²) in [6, 6.07) is 7.73. The SMILES string of the molecule is CC(F)(F)C(=C(F)B1OC(C)(C)C(C)(C)O1)c1ccccc1. The van der Waals surface area contributed by atoms with Crippen molar-refractivity contribution >= 4 is 12.7 Å². The van der Waals surface area contributed by atoms with Crippen molar-refractivity contribution in [3.05, 3.63) is 41.6 Å². The molecule has 0 amide bonds. The van der Waals surface area contributed by atoms with Crippen LogP contribution in [0.2, 0.25) is 0 Å². The molecule has 1 saturated heterocycles. The largest absolute Gasteiger partial charge is 0.525 e. The van der Waals surface area contributed by atoms with Crippen LogP contribution in [-0.4, -0.2) is 24.2 Å². The van der Waals surface area contributed by atoms with Crippen molar-refractivity contribution in [2.24, 2.45) is 0 Å². The molecular formula is C16H20BF3O2. The molecule has 2 nitrogen and oxygen atoms in total. The smallest absolute Gasteiger partial charge is 0.398 e. The van der Waals surface area contributed by atoms with Crippen molar-refractivity contribution < 1.29 is 22.5 Å². The first-order valence-electron chi connectivity index (χ1n) is 7.15. The maximum atomic E-state index is 14.8. The molecule has 0 spiro atoms. The van der Waals surface area contributed by atoms with Crippen LogP contribution in [0.1, 0.15) is 40.2 Å². The molecule has 0 atom stereocenters. The lowest BCUT2D eigenvalue weighted by Gasteiger charge is -2.32. The fourth-order valence-corrected chi connectivity index (χ4v) is 2.27. The molecule has 1 heterocycles. The van der Waals surface area contributed by atoms with Gasteiger partial charge in [0, 0.05) is 6.92 Å². The zero-order valence-electron chi connectivity index (χ0n) is 13.4. The van der Waals surface area contributed by atoms with Gasteiger partial charge in [0.1, 0.15) is 5.73 Å². The Hall–Kier alpha value is -1.27. The van der Waals surface area contributed by atoms with Gasteiger partial charge in [0.05, 0.1) is 16.8 Å². The zero-order chi connectivity index (χ0) is 16.8. The number of hydrogen-bond donors (Lipinski definition) is 0. The first-order valence-corrected chi connectivity index (χ1v) is 7.15. The van der Waals surface area contributed by atoms with Crippen molar-refractivity contribution in [1.82, 2.24) is 0 Å². The molecule has 0 saturated carbocycles. The summed E-state index contributed by atoms with van der Waals surface area (Å²) in [5, 5.41) is 0. The number of alkyl halides is 2. The summed E-state index contributed by atoms with van der Waals surface area (Å²) in [5.74, 6) is -3.35. The van der Waals surface area contributed by atoms with Crippen LogP contribution >= 0.6 is 0 Å². The van der Waals surface area contributed by atoms with E-state index in [-0.39, 0.29) is 5.56 Å². The van der Waals surface area contributed by atoms with Crippen LogP contribution in [0.25, 0.3) is 5.57 Å². The third kappa shape index (κ3) is 3.08. The highest BCUT2D eigenvalue weighted by molar-refractivity contribution is 6.55. The van der Waals surface area contributed by atoms with Gasteiger partial charge in [-0.2, -0.15) is 0 Å². The van der Waals surface area contributed by atoms with Crippen LogP contribution in [0.3, 0.4) is 0 Å². The molecule has 22 heavy (non-hydrogen) atoms. The number of allylic oxidation sites excluding steroid dienone is 1. The predicted molar refractivity (Wildman–Crippen MR) is 81.2 cm³/mol. The van der Waals surface area contributed by atoms with E-state index >= 15 is 0 Å². The Morgan fingerprint density at radius 3 is 1.86 bits per heavy atom. The molecular weight excluding hydrogens is 292 g/mol. The molecule has 0 unspecified atom stereocenters. The highest BCUT2D eigenvalue weighted by atomic mass is 19.3. The second kappa shape index (κ2) is 5.42. The summed E-state index contributed by atoms with van der Waals surface area (Å²) in [4.78, 5) is 0. The molecule has 1 aromatic rings. The fourth-order valence-electron chi connectivity index (χ4n) is 2.27. The molecule has 120 valence electrons. The van der Waals surface area contributed by atoms with Gasteiger partial charge in [-0.05, 0) is 33.3 Å². The minimum Gasteiger partial charge on any atom is -0.398 e. The lowest BCUT2D eigenvalue weighted by molar-refractivity contribution is 0.00578. The van der Waals surface area contributed by atoms with Crippen molar-refractivity contribution in [3.8, 4) is 0 Å². The van der Waals surface area contributed by atoms with Crippen molar-refractivity contribution in [3.63, 3.8) is 0 Å². The van der Waals surface area contributed by atoms with Gasteiger partial charge < -0.3 is 9.31 Å². The summed E-state index contributed by atoms with van der Waals surface area (Å²) in [7, 11) is -1.44. The third-order valence-corrected chi connectivity index (χ3v) is 4.20. The molecule has 0 radical (unpaired) electrons. The van der Waals surface area contributed by atoms with Gasteiger partial charge in [0.25, 0.3) is 5.92 Å². The van der Waals surface area contributed by atoms with Crippen molar-refractivity contribution in [2.45, 2.75) is 51.7 Å². The highest BCUT2D eigenvalue weighted by Gasteiger charge is 2.54. The van der Waals surface area contributed by atoms with E-state index in [1.807, 2.05) is 0 Å². The molecule has 0 aliphatic carbocycles. The van der Waals surface area contributed by atoms with Gasteiger partial charge in [-0.1, -0.05) is 30.3 Å². The molecule has 1 fully saturated rings. The third-order valence-electron chi connectivity index (χ3n) is 4.20. The first-order chi connectivity index (χ1) is 9.96. The van der Waals surface area contributed by atoms with E-state index in [1.165, 1.54) is 12.1 Å². The van der Waals surface area contributed by atoms with E-state index in [0.29, 0.717) is 6.92 Å². The number of rotatable bonds is 3. The molecule has 0 aromatic heterocycles. The Kier molecular flexibility index (Phi) is 4.21. The van der Waals surface area contributed by atoms with Crippen LogP contribution in [-0.2, 0) is 9.31 Å². The van der Waals surface area contributed by atoms with Gasteiger partial charge >= 0.3 is 7.12 Å². The zero-order valence-corrected chi connectivity index (χ0v) is 13.4. The summed E-state index contributed by atoms with van der Waals surface area (Å²) in [6.07, 6.45) is 0. The van der Waals surface area contributed by atoms with Crippen LogP contribution in [0.4, 0.5) is 13.2 Å². The molecule has 1 aliphatic heterocycles. The van der Waals surface area contributed by atoms with Gasteiger partial charge in [0.15, 0.2) is 0 Å². The normalized spacial score (nSPS) is 21.7. The average molecular weight is 312 g/mol. The number of hydrogen-bond acceptors (Lipinski definition) is 2. The molecule has 2 rings (SSSR count). The van der Waals surface area contributed by atoms with Gasteiger partial charge in [0.2, 0.25) is 0 Å². The Balaban J connectivity index is 2.49. The van der Waals surface area contributed by atoms with E-state index in [4.69, 9.17) is 9.31 Å². The van der Waals surface area contributed by atoms with Crippen LogP contribution in [0.15, 0.2) is 36.1 Å². The van der Waals surface area contributed by atoms with Crippen molar-refractivity contribution in [1.29, 1.82) is 0 Å². The summed E-state index contributed by atoms with van der Waals surface area (Å²) in [5.41, 5.74) is -3.26. The molecule has 1 aliphatic rings. The highest BCUT2D eigenvalue weighted by Crippen LogP contribution is 2.43. The lowest BCUT2D eigenvalue weighted by Crippen LogP contribution is -2.41. The van der Waals surface area contributed by atoms with E-state index in [9.17, 15) is 13.2 Å². The molecule has 0 bridgehead atoms. The average Bonchev–Trinajstić information content (AvgIpc) is 2.58. The van der Waals surface area contributed by atoms with Gasteiger partial charge in [-0.15, -0.1) is 0 Å². The monoisotopic (exact) mass is 312 g/mol. The topological polar surface area (TPSA) is 18.5 Å². The maximum absolute atomic E-state index is 14.8. The van der Waals surface area contributed by atoms with E-state index in [1.54, 1.807) is 45.9 Å². The quantitative estimate of drug-likeness (QED) is 0.756. The van der Waals surface area contributed by atoms with Crippen LogP contribution < -0.4 is 0 Å². The van der Waals surface area contributed by atoms with E-state index < -0.39 is 35.5 Å². The Bertz CT molecular complexity index is 561. The Labute approximate surface area is 129 Å². The second-order valence-corrected chi connectivity index (χ2v) is 6.57. The summed E-state index contributed by atoms with van der Waals surface area (Å²) >= 11 is 0. The summed E-state index contributed by atoms with van der Waals surface area (Å²) in [6.45, 7) is 7.64. The molecule has 1 aromatic carbocycles. The van der Waals surface area contributed by atoms with E-state index in [2.05, 4.69) is 0 Å². The Morgan fingerprint density at radius 1 is 1.00 bits per heavy atom. The second-order valence-electron chi connectivity index (χ2n) is 6.57. The standard InChI is InChI=1S/C16H20BF3O2/c1-14(2)15(3,4)22-17(21-14)13(18)12(16(5,19)20)11-9-7-6-8-10-11/h6-10H,1-5H3. The van der Waals surface area contributed by atoms with Gasteiger partial charge in [-0.25, -0.2) is 13.2 Å². The number of halogens is 3. The Morgan fingerprint density at radius 2 is 1.45 bits per heavy atom. The number of benzene rings is 1. The molecule has 6 heteroatoms.